The van der Waals surface area contributed by atoms with E-state index in [-0.39, 0.29) is 11.2 Å². The maximum absolute atomic E-state index is 12.7. The smallest absolute Gasteiger partial charge is 0.332 e. The summed E-state index contributed by atoms with van der Waals surface area (Å²) < 4.78 is 2.80. The minimum absolute atomic E-state index is 0.311. The van der Waals surface area contributed by atoms with Crippen LogP contribution in [-0.2, 0) is 13.1 Å². The summed E-state index contributed by atoms with van der Waals surface area (Å²) in [6.07, 6.45) is 1.45. The second-order valence-electron chi connectivity index (χ2n) is 5.91. The molecule has 3 aromatic rings. The molecule has 0 bridgehead atoms. The van der Waals surface area contributed by atoms with E-state index in [1.807, 2.05) is 13.8 Å². The van der Waals surface area contributed by atoms with Crippen molar-refractivity contribution in [1.82, 2.24) is 19.1 Å². The number of aromatic nitrogens is 4. The first-order valence-electron chi connectivity index (χ1n) is 8.26. The van der Waals surface area contributed by atoms with Crippen LogP contribution < -0.4 is 17.0 Å². The molecule has 0 aliphatic rings. The summed E-state index contributed by atoms with van der Waals surface area (Å²) in [4.78, 5) is 32.9. The Morgan fingerprint density at radius 2 is 1.84 bits per heavy atom. The number of fused-ring (bicyclic) bond motifs is 1. The van der Waals surface area contributed by atoms with Crippen molar-refractivity contribution in [2.24, 2.45) is 0 Å². The number of nitrogens with one attached hydrogen (secondary N) is 1. The van der Waals surface area contributed by atoms with Crippen molar-refractivity contribution in [3.05, 3.63) is 44.1 Å². The molecule has 3 N–H and O–H groups in total. The highest BCUT2D eigenvalue weighted by molar-refractivity contribution is 6.31. The highest BCUT2D eigenvalue weighted by atomic mass is 35.5. The van der Waals surface area contributed by atoms with Crippen LogP contribution in [-0.4, -0.2) is 19.1 Å². The van der Waals surface area contributed by atoms with Crippen LogP contribution >= 0.6 is 11.6 Å². The minimum atomic E-state index is -0.361. The Balaban J connectivity index is 2.32. The highest BCUT2D eigenvalue weighted by Gasteiger charge is 2.18. The van der Waals surface area contributed by atoms with Gasteiger partial charge in [0.25, 0.3) is 5.56 Å². The number of nitrogen functional groups attached to an aromatic ring is 1. The molecule has 8 heteroatoms. The molecule has 2 aromatic heterocycles. The molecule has 0 radical (unpaired) electrons. The van der Waals surface area contributed by atoms with Gasteiger partial charge >= 0.3 is 5.69 Å². The second-order valence-corrected chi connectivity index (χ2v) is 6.34. The molecule has 0 amide bonds. The van der Waals surface area contributed by atoms with E-state index in [9.17, 15) is 9.59 Å². The van der Waals surface area contributed by atoms with Crippen LogP contribution in [0.25, 0.3) is 22.6 Å². The van der Waals surface area contributed by atoms with Crippen LogP contribution in [0.5, 0.6) is 0 Å². The number of benzene rings is 1. The average Bonchev–Trinajstić information content (AvgIpc) is 3.00. The van der Waals surface area contributed by atoms with Gasteiger partial charge in [0, 0.05) is 29.4 Å². The Bertz CT molecular complexity index is 1050. The number of anilines is 1. The van der Waals surface area contributed by atoms with Gasteiger partial charge in [0.2, 0.25) is 0 Å². The topological polar surface area (TPSA) is 98.7 Å². The van der Waals surface area contributed by atoms with E-state index in [1.54, 1.807) is 22.8 Å². The number of H-pyrrole nitrogens is 1. The lowest BCUT2D eigenvalue weighted by Crippen LogP contribution is -2.40. The number of aromatic amines is 1. The Kier molecular flexibility index (Phi) is 4.67. The van der Waals surface area contributed by atoms with Crippen molar-refractivity contribution in [2.75, 3.05) is 5.73 Å². The van der Waals surface area contributed by atoms with Gasteiger partial charge in [-0.3, -0.25) is 13.9 Å². The van der Waals surface area contributed by atoms with E-state index < -0.39 is 0 Å². The third-order valence-corrected chi connectivity index (χ3v) is 4.26. The van der Waals surface area contributed by atoms with Crippen molar-refractivity contribution in [3.8, 4) is 11.4 Å². The number of nitrogens with two attached hydrogens (primary N) is 1. The predicted octanol–water partition coefficient (Wildman–Crippen LogP) is 2.61. The first kappa shape index (κ1) is 17.3. The molecule has 0 aliphatic heterocycles. The van der Waals surface area contributed by atoms with Gasteiger partial charge in [-0.15, -0.1) is 0 Å². The predicted molar refractivity (Wildman–Crippen MR) is 100 cm³/mol. The number of hydrogen-bond donors (Lipinski definition) is 2. The SMILES string of the molecule is CCCn1c(=O)c2[nH]c(-c3ccc(Cl)cc3N)nc2n(CCC)c1=O. The molecule has 3 rings (SSSR count). The molecule has 7 nitrogen and oxygen atoms in total. The van der Waals surface area contributed by atoms with Gasteiger partial charge in [-0.1, -0.05) is 25.4 Å². The molecule has 0 saturated carbocycles. The summed E-state index contributed by atoms with van der Waals surface area (Å²) in [6.45, 7) is 4.75. The summed E-state index contributed by atoms with van der Waals surface area (Å²) in [5.41, 5.74) is 7.08. The average molecular weight is 362 g/mol. The molecule has 132 valence electrons. The van der Waals surface area contributed by atoms with Gasteiger partial charge in [-0.25, -0.2) is 9.78 Å². The maximum Gasteiger partial charge on any atom is 0.332 e. The van der Waals surface area contributed by atoms with Crippen LogP contribution in [0.1, 0.15) is 26.7 Å². The van der Waals surface area contributed by atoms with Gasteiger partial charge < -0.3 is 10.7 Å². The zero-order chi connectivity index (χ0) is 18.1. The first-order valence-corrected chi connectivity index (χ1v) is 8.64. The fraction of sp³-hybridized carbons (Fsp3) is 0.353. The van der Waals surface area contributed by atoms with Gasteiger partial charge in [-0.05, 0) is 31.0 Å². The molecular weight excluding hydrogens is 342 g/mol. The van der Waals surface area contributed by atoms with E-state index in [4.69, 9.17) is 17.3 Å². The third kappa shape index (κ3) is 2.95. The molecule has 0 saturated heterocycles. The molecular formula is C17H20ClN5O2. The van der Waals surface area contributed by atoms with E-state index in [1.165, 1.54) is 4.57 Å². The third-order valence-electron chi connectivity index (χ3n) is 4.02. The lowest BCUT2D eigenvalue weighted by molar-refractivity contribution is 0.555. The molecule has 2 heterocycles. The minimum Gasteiger partial charge on any atom is -0.398 e. The Morgan fingerprint density at radius 1 is 1.16 bits per heavy atom. The van der Waals surface area contributed by atoms with E-state index in [0.29, 0.717) is 52.8 Å². The summed E-state index contributed by atoms with van der Waals surface area (Å²) >= 11 is 5.94. The zero-order valence-corrected chi connectivity index (χ0v) is 14.9. The van der Waals surface area contributed by atoms with Gasteiger partial charge in [0.05, 0.1) is 0 Å². The van der Waals surface area contributed by atoms with Crippen molar-refractivity contribution in [3.63, 3.8) is 0 Å². The molecule has 0 unspecified atom stereocenters. The molecule has 0 spiro atoms. The fourth-order valence-electron chi connectivity index (χ4n) is 2.89. The fourth-order valence-corrected chi connectivity index (χ4v) is 3.07. The Labute approximate surface area is 149 Å². The van der Waals surface area contributed by atoms with Gasteiger partial charge in [0.1, 0.15) is 11.3 Å². The standard InChI is InChI=1S/C17H20ClN5O2/c1-3-7-22-15-13(16(24)23(8-4-2)17(22)25)20-14(21-15)11-6-5-10(18)9-12(11)19/h5-6,9H,3-4,7-8,19H2,1-2H3,(H,20,21). The van der Waals surface area contributed by atoms with E-state index in [0.717, 1.165) is 6.42 Å². The van der Waals surface area contributed by atoms with Crippen LogP contribution in [0.3, 0.4) is 0 Å². The first-order chi connectivity index (χ1) is 12.0. The van der Waals surface area contributed by atoms with Crippen LogP contribution in [0.2, 0.25) is 5.02 Å². The lowest BCUT2D eigenvalue weighted by Gasteiger charge is -2.09. The Hall–Kier alpha value is -2.54. The zero-order valence-electron chi connectivity index (χ0n) is 14.2. The second kappa shape index (κ2) is 6.76. The number of nitrogens with zero attached hydrogens (tertiary/aromatic N) is 3. The van der Waals surface area contributed by atoms with Crippen LogP contribution in [0.15, 0.2) is 27.8 Å². The van der Waals surface area contributed by atoms with Gasteiger partial charge in [0.15, 0.2) is 5.65 Å². The number of hydrogen-bond acceptors (Lipinski definition) is 4. The maximum atomic E-state index is 12.7. The number of imidazole rings is 1. The van der Waals surface area contributed by atoms with E-state index >= 15 is 0 Å². The molecule has 0 fully saturated rings. The van der Waals surface area contributed by atoms with E-state index in [2.05, 4.69) is 9.97 Å². The van der Waals surface area contributed by atoms with Crippen molar-refractivity contribution >= 4 is 28.5 Å². The quantitative estimate of drug-likeness (QED) is 0.682. The largest absolute Gasteiger partial charge is 0.398 e. The summed E-state index contributed by atoms with van der Waals surface area (Å²) in [5, 5.41) is 0.519. The molecule has 0 atom stereocenters. The van der Waals surface area contributed by atoms with Crippen molar-refractivity contribution in [2.45, 2.75) is 39.8 Å². The summed E-state index contributed by atoms with van der Waals surface area (Å²) in [7, 11) is 0. The van der Waals surface area contributed by atoms with Crippen LogP contribution in [0, 0.1) is 0 Å². The lowest BCUT2D eigenvalue weighted by atomic mass is 10.2. The number of aryl methyl sites for hydroxylation is 1. The molecule has 1 aromatic carbocycles. The van der Waals surface area contributed by atoms with Gasteiger partial charge in [-0.2, -0.15) is 0 Å². The highest BCUT2D eigenvalue weighted by Crippen LogP contribution is 2.27. The molecule has 25 heavy (non-hydrogen) atoms. The Morgan fingerprint density at radius 3 is 2.48 bits per heavy atom. The normalized spacial score (nSPS) is 11.3. The number of rotatable bonds is 5. The monoisotopic (exact) mass is 361 g/mol. The summed E-state index contributed by atoms with van der Waals surface area (Å²) in [6, 6.07) is 5.07. The summed E-state index contributed by atoms with van der Waals surface area (Å²) in [5.74, 6) is 0.444. The number of halogens is 1. The van der Waals surface area contributed by atoms with Crippen molar-refractivity contribution < 1.29 is 0 Å². The molecule has 0 aliphatic carbocycles. The van der Waals surface area contributed by atoms with Crippen molar-refractivity contribution in [1.29, 1.82) is 0 Å². The van der Waals surface area contributed by atoms with Crippen LogP contribution in [0.4, 0.5) is 5.69 Å².